The molecule has 5 heteroatoms. The van der Waals surface area contributed by atoms with E-state index >= 15 is 0 Å². The third-order valence-electron chi connectivity index (χ3n) is 4.64. The van der Waals surface area contributed by atoms with E-state index in [1.807, 2.05) is 31.2 Å². The van der Waals surface area contributed by atoms with Gasteiger partial charge in [0, 0.05) is 12.4 Å². The minimum absolute atomic E-state index is 0.0298. The molecule has 0 spiro atoms. The Morgan fingerprint density at radius 2 is 1.73 bits per heavy atom. The van der Waals surface area contributed by atoms with Crippen molar-refractivity contribution in [1.82, 2.24) is 0 Å². The molecule has 1 aromatic rings. The Hall–Kier alpha value is -1.07. The highest BCUT2D eigenvalue weighted by Gasteiger charge is 2.17. The van der Waals surface area contributed by atoms with Gasteiger partial charge in [0.1, 0.15) is 5.75 Å². The molecule has 1 unspecified atom stereocenters. The number of hydrogen-bond acceptors (Lipinski definition) is 4. The van der Waals surface area contributed by atoms with Gasteiger partial charge >= 0.3 is 0 Å². The lowest BCUT2D eigenvalue weighted by Gasteiger charge is -2.25. The molecule has 1 aromatic carbocycles. The van der Waals surface area contributed by atoms with Gasteiger partial charge in [0.25, 0.3) is 0 Å². The van der Waals surface area contributed by atoms with E-state index in [-0.39, 0.29) is 17.1 Å². The highest BCUT2D eigenvalue weighted by molar-refractivity contribution is 7.90. The Morgan fingerprint density at radius 1 is 1.08 bits per heavy atom. The zero-order valence-electron chi connectivity index (χ0n) is 17.1. The highest BCUT2D eigenvalue weighted by Crippen LogP contribution is 2.21. The van der Waals surface area contributed by atoms with Crippen molar-refractivity contribution >= 4 is 9.84 Å². The van der Waals surface area contributed by atoms with Crippen LogP contribution in [0.1, 0.15) is 65.9 Å². The molecule has 0 aliphatic heterocycles. The standard InChI is InChI=1S/C21H36O4S/c1-6-25-21(4,5)15-8-9-18(3)14-16-24-20-12-10-19(11-13-20)17-26(22,23)7-2/h10-13,18H,6-9,14-17H2,1-5H3. The summed E-state index contributed by atoms with van der Waals surface area (Å²) in [5, 5.41) is 0. The Kier molecular flexibility index (Phi) is 9.66. The second-order valence-electron chi connectivity index (χ2n) is 7.65. The third kappa shape index (κ3) is 9.58. The van der Waals surface area contributed by atoms with Gasteiger partial charge in [0.05, 0.1) is 18.0 Å². The molecule has 0 radical (unpaired) electrons. The summed E-state index contributed by atoms with van der Waals surface area (Å²) in [6.07, 6.45) is 4.43. The van der Waals surface area contributed by atoms with Crippen LogP contribution in [0.25, 0.3) is 0 Å². The molecule has 150 valence electrons. The first-order valence-corrected chi connectivity index (χ1v) is 11.6. The van der Waals surface area contributed by atoms with Gasteiger partial charge in [-0.25, -0.2) is 8.42 Å². The molecule has 0 bridgehead atoms. The van der Waals surface area contributed by atoms with Crippen LogP contribution in [-0.4, -0.2) is 33.0 Å². The van der Waals surface area contributed by atoms with Gasteiger partial charge in [-0.3, -0.25) is 0 Å². The van der Waals surface area contributed by atoms with Crippen molar-refractivity contribution in [2.24, 2.45) is 5.92 Å². The van der Waals surface area contributed by atoms with Crippen LogP contribution in [0.2, 0.25) is 0 Å². The smallest absolute Gasteiger partial charge is 0.154 e. The summed E-state index contributed by atoms with van der Waals surface area (Å²) in [5.41, 5.74) is 0.780. The second kappa shape index (κ2) is 10.9. The fraction of sp³-hybridized carbons (Fsp3) is 0.714. The zero-order chi connectivity index (χ0) is 19.6. The predicted octanol–water partition coefficient (Wildman–Crippen LogP) is 5.01. The maximum atomic E-state index is 11.6. The summed E-state index contributed by atoms with van der Waals surface area (Å²) in [6, 6.07) is 7.38. The molecule has 1 rings (SSSR count). The van der Waals surface area contributed by atoms with E-state index in [2.05, 4.69) is 20.8 Å². The van der Waals surface area contributed by atoms with Crippen LogP contribution in [0.5, 0.6) is 5.75 Å². The lowest BCUT2D eigenvalue weighted by atomic mass is 9.95. The van der Waals surface area contributed by atoms with Crippen LogP contribution < -0.4 is 4.74 Å². The molecule has 0 aliphatic carbocycles. The van der Waals surface area contributed by atoms with Crippen LogP contribution in [0.3, 0.4) is 0 Å². The number of hydrogen-bond donors (Lipinski definition) is 0. The summed E-state index contributed by atoms with van der Waals surface area (Å²) < 4.78 is 34.8. The molecule has 0 heterocycles. The first kappa shape index (κ1) is 23.0. The molecular weight excluding hydrogens is 348 g/mol. The molecular formula is C21H36O4S. The summed E-state index contributed by atoms with van der Waals surface area (Å²) in [4.78, 5) is 0. The van der Waals surface area contributed by atoms with Gasteiger partial charge in [0.2, 0.25) is 0 Å². The van der Waals surface area contributed by atoms with Gasteiger partial charge in [-0.2, -0.15) is 0 Å². The number of sulfone groups is 1. The zero-order valence-corrected chi connectivity index (χ0v) is 17.9. The average molecular weight is 385 g/mol. The van der Waals surface area contributed by atoms with Crippen LogP contribution in [-0.2, 0) is 20.3 Å². The Balaban J connectivity index is 2.28. The quantitative estimate of drug-likeness (QED) is 0.479. The number of rotatable bonds is 13. The lowest BCUT2D eigenvalue weighted by Crippen LogP contribution is -2.24. The predicted molar refractivity (Wildman–Crippen MR) is 108 cm³/mol. The van der Waals surface area contributed by atoms with Crippen LogP contribution in [0.4, 0.5) is 0 Å². The molecule has 4 nitrogen and oxygen atoms in total. The SMILES string of the molecule is CCOC(C)(C)CCCC(C)CCOc1ccc(CS(=O)(=O)CC)cc1. The third-order valence-corrected chi connectivity index (χ3v) is 6.29. The second-order valence-corrected chi connectivity index (χ2v) is 10.0. The van der Waals surface area contributed by atoms with Gasteiger partial charge in [0.15, 0.2) is 9.84 Å². The lowest BCUT2D eigenvalue weighted by molar-refractivity contribution is -0.0183. The molecule has 0 amide bonds. The molecule has 0 N–H and O–H groups in total. The van der Waals surface area contributed by atoms with Gasteiger partial charge in [-0.15, -0.1) is 0 Å². The topological polar surface area (TPSA) is 52.6 Å². The monoisotopic (exact) mass is 384 g/mol. The van der Waals surface area contributed by atoms with Gasteiger partial charge in [-0.05, 0) is 57.2 Å². The Bertz CT molecular complexity index is 605. The largest absolute Gasteiger partial charge is 0.494 e. The fourth-order valence-corrected chi connectivity index (χ4v) is 3.80. The van der Waals surface area contributed by atoms with Crippen molar-refractivity contribution < 1.29 is 17.9 Å². The van der Waals surface area contributed by atoms with E-state index in [1.165, 1.54) is 6.42 Å². The number of benzene rings is 1. The maximum Gasteiger partial charge on any atom is 0.154 e. The molecule has 0 saturated carbocycles. The fourth-order valence-electron chi connectivity index (χ4n) is 2.90. The normalized spacial score (nSPS) is 13.6. The van der Waals surface area contributed by atoms with Crippen LogP contribution in [0, 0.1) is 5.92 Å². The Morgan fingerprint density at radius 3 is 2.31 bits per heavy atom. The van der Waals surface area contributed by atoms with Crippen molar-refractivity contribution in [2.75, 3.05) is 19.0 Å². The van der Waals surface area contributed by atoms with Crippen molar-refractivity contribution in [3.63, 3.8) is 0 Å². The Labute approximate surface area is 160 Å². The van der Waals surface area contributed by atoms with Crippen LogP contribution >= 0.6 is 0 Å². The summed E-state index contributed by atoms with van der Waals surface area (Å²) in [5.74, 6) is 1.68. The van der Waals surface area contributed by atoms with Crippen molar-refractivity contribution in [1.29, 1.82) is 0 Å². The van der Waals surface area contributed by atoms with Gasteiger partial charge in [-0.1, -0.05) is 38.8 Å². The molecule has 0 fully saturated rings. The average Bonchev–Trinajstić information content (AvgIpc) is 2.56. The molecule has 26 heavy (non-hydrogen) atoms. The van der Waals surface area contributed by atoms with Gasteiger partial charge < -0.3 is 9.47 Å². The van der Waals surface area contributed by atoms with Crippen molar-refractivity contribution in [3.05, 3.63) is 29.8 Å². The van der Waals surface area contributed by atoms with E-state index in [4.69, 9.17) is 9.47 Å². The summed E-state index contributed by atoms with van der Waals surface area (Å²) in [7, 11) is -2.99. The van der Waals surface area contributed by atoms with E-state index < -0.39 is 9.84 Å². The highest BCUT2D eigenvalue weighted by atomic mass is 32.2. The minimum Gasteiger partial charge on any atom is -0.494 e. The van der Waals surface area contributed by atoms with Crippen molar-refractivity contribution in [2.45, 2.75) is 71.7 Å². The van der Waals surface area contributed by atoms with E-state index in [9.17, 15) is 8.42 Å². The first-order chi connectivity index (χ1) is 12.2. The molecule has 0 aliphatic rings. The minimum atomic E-state index is -2.99. The first-order valence-electron chi connectivity index (χ1n) is 9.73. The number of ether oxygens (including phenoxy) is 2. The molecule has 1 atom stereocenters. The van der Waals surface area contributed by atoms with E-state index in [0.29, 0.717) is 12.5 Å². The molecule has 0 saturated heterocycles. The summed E-state index contributed by atoms with van der Waals surface area (Å²) >= 11 is 0. The summed E-state index contributed by atoms with van der Waals surface area (Å²) in [6.45, 7) is 11.7. The molecule has 0 aromatic heterocycles. The van der Waals surface area contributed by atoms with E-state index in [1.54, 1.807) is 6.92 Å². The van der Waals surface area contributed by atoms with Crippen molar-refractivity contribution in [3.8, 4) is 5.75 Å². The van der Waals surface area contributed by atoms with Crippen LogP contribution in [0.15, 0.2) is 24.3 Å². The maximum absolute atomic E-state index is 11.6. The van der Waals surface area contributed by atoms with E-state index in [0.717, 1.165) is 37.2 Å².